The van der Waals surface area contributed by atoms with Gasteiger partial charge in [-0.15, -0.1) is 0 Å². The van der Waals surface area contributed by atoms with E-state index in [1.807, 2.05) is 25.2 Å². The lowest BCUT2D eigenvalue weighted by Crippen LogP contribution is -2.21. The zero-order chi connectivity index (χ0) is 19.1. The molecule has 0 atom stereocenters. The average molecular weight is 389 g/mol. The number of fused-ring (bicyclic) bond motifs is 1. The summed E-state index contributed by atoms with van der Waals surface area (Å²) in [5, 5.41) is 4.20. The van der Waals surface area contributed by atoms with Crippen LogP contribution in [0.1, 0.15) is 12.2 Å². The molecule has 0 spiro atoms. The van der Waals surface area contributed by atoms with Gasteiger partial charge in [0.1, 0.15) is 33.2 Å². The lowest BCUT2D eigenvalue weighted by molar-refractivity contribution is 0.729. The molecule has 140 valence electrons. The van der Waals surface area contributed by atoms with Gasteiger partial charge in [-0.05, 0) is 18.5 Å². The minimum absolute atomic E-state index is 0.400. The Hall–Kier alpha value is -3.10. The molecule has 0 bridgehead atoms. The molecule has 0 amide bonds. The van der Waals surface area contributed by atoms with Crippen LogP contribution in [0, 0.1) is 0 Å². The minimum atomic E-state index is 0.400. The van der Waals surface area contributed by atoms with Gasteiger partial charge in [-0.1, -0.05) is 47.7 Å². The van der Waals surface area contributed by atoms with Gasteiger partial charge in [-0.3, -0.25) is 0 Å². The van der Waals surface area contributed by atoms with Crippen LogP contribution in [0.5, 0.6) is 0 Å². The quantitative estimate of drug-likeness (QED) is 0.559. The molecule has 3 N–H and O–H groups in total. The Labute approximate surface area is 166 Å². The van der Waals surface area contributed by atoms with Gasteiger partial charge in [0.25, 0.3) is 0 Å². The monoisotopic (exact) mass is 389 g/mol. The number of nitrogens with one attached hydrogen (secondary N) is 1. The minimum Gasteiger partial charge on any atom is -0.382 e. The van der Waals surface area contributed by atoms with E-state index >= 15 is 0 Å². The van der Waals surface area contributed by atoms with Crippen molar-refractivity contribution in [3.63, 3.8) is 0 Å². The van der Waals surface area contributed by atoms with Crippen LogP contribution in [0.2, 0.25) is 0 Å². The number of thiazole rings is 1. The summed E-state index contributed by atoms with van der Waals surface area (Å²) in [6.45, 7) is 1.83. The molecule has 0 radical (unpaired) electrons. The summed E-state index contributed by atoms with van der Waals surface area (Å²) < 4.78 is 2.14. The Morgan fingerprint density at radius 2 is 2.00 bits per heavy atom. The lowest BCUT2D eigenvalue weighted by Gasteiger charge is -2.13. The third-order valence-corrected chi connectivity index (χ3v) is 5.89. The number of nitrogens with two attached hydrogens (primary N) is 1. The molecular weight excluding hydrogens is 370 g/mol. The number of anilines is 1. The molecule has 0 saturated heterocycles. The third kappa shape index (κ3) is 2.78. The Bertz CT molecular complexity index is 1190. The molecule has 1 aliphatic rings. The summed E-state index contributed by atoms with van der Waals surface area (Å²) in [6, 6.07) is 10.2. The van der Waals surface area contributed by atoms with Crippen LogP contribution in [0.4, 0.5) is 5.82 Å². The van der Waals surface area contributed by atoms with E-state index in [0.717, 1.165) is 52.1 Å². The van der Waals surface area contributed by atoms with Crippen molar-refractivity contribution >= 4 is 33.1 Å². The summed E-state index contributed by atoms with van der Waals surface area (Å²) in [5.41, 5.74) is 10.9. The second-order valence-electron chi connectivity index (χ2n) is 6.67. The maximum atomic E-state index is 6.01. The SMILES string of the molecule is Cn1c(C2=CCNCC2)nc(-c2ccccc2)c1-c1nc2c(N)ncnc2s1. The van der Waals surface area contributed by atoms with E-state index in [1.54, 1.807) is 0 Å². The number of rotatable bonds is 3. The molecule has 1 aliphatic heterocycles. The van der Waals surface area contributed by atoms with Gasteiger partial charge in [-0.2, -0.15) is 0 Å². The lowest BCUT2D eigenvalue weighted by atomic mass is 10.1. The van der Waals surface area contributed by atoms with Crippen LogP contribution in [0.15, 0.2) is 42.7 Å². The zero-order valence-corrected chi connectivity index (χ0v) is 16.2. The Morgan fingerprint density at radius 1 is 1.14 bits per heavy atom. The smallest absolute Gasteiger partial charge is 0.154 e. The van der Waals surface area contributed by atoms with Crippen molar-refractivity contribution in [1.82, 2.24) is 29.8 Å². The number of aromatic nitrogens is 5. The maximum absolute atomic E-state index is 6.01. The van der Waals surface area contributed by atoms with E-state index in [1.165, 1.54) is 23.2 Å². The van der Waals surface area contributed by atoms with Crippen LogP contribution in [-0.4, -0.2) is 37.6 Å². The van der Waals surface area contributed by atoms with E-state index in [-0.39, 0.29) is 0 Å². The molecule has 0 unspecified atom stereocenters. The van der Waals surface area contributed by atoms with Gasteiger partial charge in [0, 0.05) is 19.2 Å². The standard InChI is InChI=1S/C20H19N7S/c1-27-16(20-26-15-17(21)23-11-24-19(15)28-20)14(12-5-3-2-4-6-12)25-18(27)13-7-9-22-10-8-13/h2-7,11,22H,8-10H2,1H3,(H2,21,23,24). The van der Waals surface area contributed by atoms with Crippen LogP contribution in [0.25, 0.3) is 37.9 Å². The van der Waals surface area contributed by atoms with Crippen molar-refractivity contribution in [2.75, 3.05) is 18.8 Å². The molecule has 0 fully saturated rings. The average Bonchev–Trinajstić information content (AvgIpc) is 3.31. The van der Waals surface area contributed by atoms with E-state index in [9.17, 15) is 0 Å². The van der Waals surface area contributed by atoms with Gasteiger partial charge in [0.2, 0.25) is 0 Å². The summed E-state index contributed by atoms with van der Waals surface area (Å²) in [4.78, 5) is 19.0. The molecule has 28 heavy (non-hydrogen) atoms. The predicted octanol–water partition coefficient (Wildman–Crippen LogP) is 3.11. The first kappa shape index (κ1) is 17.0. The Balaban J connectivity index is 1.76. The number of hydrogen-bond acceptors (Lipinski definition) is 7. The summed E-state index contributed by atoms with van der Waals surface area (Å²) in [7, 11) is 2.05. The second kappa shape index (κ2) is 6.81. The van der Waals surface area contributed by atoms with E-state index in [4.69, 9.17) is 15.7 Å². The molecule has 4 aromatic rings. The first-order chi connectivity index (χ1) is 13.7. The van der Waals surface area contributed by atoms with E-state index in [0.29, 0.717) is 11.3 Å². The van der Waals surface area contributed by atoms with Gasteiger partial charge in [-0.25, -0.2) is 19.9 Å². The van der Waals surface area contributed by atoms with Crippen LogP contribution in [0.3, 0.4) is 0 Å². The third-order valence-electron chi connectivity index (χ3n) is 4.92. The van der Waals surface area contributed by atoms with Crippen molar-refractivity contribution < 1.29 is 0 Å². The first-order valence-corrected chi connectivity index (χ1v) is 9.93. The highest BCUT2D eigenvalue weighted by molar-refractivity contribution is 7.21. The summed E-state index contributed by atoms with van der Waals surface area (Å²) >= 11 is 1.51. The van der Waals surface area contributed by atoms with Gasteiger partial charge < -0.3 is 15.6 Å². The normalized spacial score (nSPS) is 14.4. The molecule has 8 heteroatoms. The number of hydrogen-bond donors (Lipinski definition) is 2. The van der Waals surface area contributed by atoms with Crippen molar-refractivity contribution in [3.8, 4) is 22.0 Å². The first-order valence-electron chi connectivity index (χ1n) is 9.12. The number of nitrogens with zero attached hydrogens (tertiary/aromatic N) is 5. The highest BCUT2D eigenvalue weighted by Crippen LogP contribution is 2.38. The molecular formula is C20H19N7S. The molecule has 0 aliphatic carbocycles. The predicted molar refractivity (Wildman–Crippen MR) is 113 cm³/mol. The van der Waals surface area contributed by atoms with Crippen molar-refractivity contribution in [2.45, 2.75) is 6.42 Å². The number of nitrogen functional groups attached to an aromatic ring is 1. The number of benzene rings is 1. The molecule has 5 rings (SSSR count). The van der Waals surface area contributed by atoms with Crippen LogP contribution < -0.4 is 11.1 Å². The van der Waals surface area contributed by atoms with E-state index < -0.39 is 0 Å². The molecule has 3 aromatic heterocycles. The van der Waals surface area contributed by atoms with Crippen molar-refractivity contribution in [2.24, 2.45) is 7.05 Å². The molecule has 1 aromatic carbocycles. The van der Waals surface area contributed by atoms with Gasteiger partial charge in [0.05, 0.1) is 5.69 Å². The van der Waals surface area contributed by atoms with Crippen molar-refractivity contribution in [3.05, 3.63) is 48.6 Å². The fourth-order valence-electron chi connectivity index (χ4n) is 3.53. The highest BCUT2D eigenvalue weighted by atomic mass is 32.1. The molecule has 4 heterocycles. The highest BCUT2D eigenvalue weighted by Gasteiger charge is 2.23. The molecule has 7 nitrogen and oxygen atoms in total. The Kier molecular flexibility index (Phi) is 4.14. The van der Waals surface area contributed by atoms with Crippen LogP contribution >= 0.6 is 11.3 Å². The van der Waals surface area contributed by atoms with Crippen molar-refractivity contribution in [1.29, 1.82) is 0 Å². The van der Waals surface area contributed by atoms with Gasteiger partial charge >= 0.3 is 0 Å². The summed E-state index contributed by atoms with van der Waals surface area (Å²) in [6.07, 6.45) is 4.65. The second-order valence-corrected chi connectivity index (χ2v) is 7.65. The number of imidazole rings is 1. The van der Waals surface area contributed by atoms with E-state index in [2.05, 4.69) is 38.1 Å². The topological polar surface area (TPSA) is 94.5 Å². The fourth-order valence-corrected chi connectivity index (χ4v) is 4.52. The maximum Gasteiger partial charge on any atom is 0.154 e. The van der Waals surface area contributed by atoms with Crippen LogP contribution in [-0.2, 0) is 7.05 Å². The van der Waals surface area contributed by atoms with Gasteiger partial charge in [0.15, 0.2) is 5.82 Å². The fraction of sp³-hybridized carbons (Fsp3) is 0.200. The zero-order valence-electron chi connectivity index (χ0n) is 15.4. The largest absolute Gasteiger partial charge is 0.382 e. The molecule has 0 saturated carbocycles. The summed E-state index contributed by atoms with van der Waals surface area (Å²) in [5.74, 6) is 1.38. The Morgan fingerprint density at radius 3 is 2.75 bits per heavy atom.